The van der Waals surface area contributed by atoms with E-state index >= 15 is 0 Å². The summed E-state index contributed by atoms with van der Waals surface area (Å²) in [5, 5.41) is 6.69. The fraction of sp³-hybridized carbons (Fsp3) is 0.786. The Morgan fingerprint density at radius 2 is 2.42 bits per heavy atom. The number of rotatable bonds is 8. The van der Waals surface area contributed by atoms with Crippen molar-refractivity contribution in [1.29, 1.82) is 0 Å². The van der Waals surface area contributed by atoms with Crippen LogP contribution in [0.5, 0.6) is 0 Å². The van der Waals surface area contributed by atoms with Crippen LogP contribution in [0.3, 0.4) is 0 Å². The van der Waals surface area contributed by atoms with Gasteiger partial charge in [0, 0.05) is 31.6 Å². The standard InChI is InChI=1S/C14H25N3OS/c1-3-7-15-9-12-11-19-14(16-12)17(4-2)10-13-6-5-8-18-13/h11,13,15H,3-10H2,1-2H3. The van der Waals surface area contributed by atoms with Gasteiger partial charge in [-0.2, -0.15) is 0 Å². The third-order valence-electron chi connectivity index (χ3n) is 3.37. The largest absolute Gasteiger partial charge is 0.376 e. The van der Waals surface area contributed by atoms with E-state index in [9.17, 15) is 0 Å². The van der Waals surface area contributed by atoms with Crippen molar-refractivity contribution in [3.8, 4) is 0 Å². The smallest absolute Gasteiger partial charge is 0.185 e. The first-order valence-corrected chi connectivity index (χ1v) is 8.23. The van der Waals surface area contributed by atoms with Gasteiger partial charge in [0.15, 0.2) is 5.13 Å². The van der Waals surface area contributed by atoms with E-state index in [1.807, 2.05) is 0 Å². The van der Waals surface area contributed by atoms with Gasteiger partial charge in [-0.05, 0) is 32.7 Å². The summed E-state index contributed by atoms with van der Waals surface area (Å²) in [6.45, 7) is 9.20. The molecule has 0 amide bonds. The lowest BCUT2D eigenvalue weighted by atomic mass is 10.2. The minimum Gasteiger partial charge on any atom is -0.376 e. The quantitative estimate of drug-likeness (QED) is 0.744. The molecule has 1 atom stereocenters. The molecule has 0 aliphatic carbocycles. The molecule has 0 aromatic carbocycles. The number of nitrogens with one attached hydrogen (secondary N) is 1. The lowest BCUT2D eigenvalue weighted by molar-refractivity contribution is 0.115. The third-order valence-corrected chi connectivity index (χ3v) is 4.32. The van der Waals surface area contributed by atoms with Crippen LogP contribution in [0, 0.1) is 0 Å². The second-order valence-electron chi connectivity index (χ2n) is 4.97. The fourth-order valence-electron chi connectivity index (χ4n) is 2.29. The molecule has 2 rings (SSSR count). The van der Waals surface area contributed by atoms with Gasteiger partial charge in [-0.25, -0.2) is 4.98 Å². The van der Waals surface area contributed by atoms with Crippen molar-refractivity contribution in [1.82, 2.24) is 10.3 Å². The van der Waals surface area contributed by atoms with E-state index in [0.717, 1.165) is 50.0 Å². The number of likely N-dealkylation sites (N-methyl/N-ethyl adjacent to an activating group) is 1. The van der Waals surface area contributed by atoms with Crippen LogP contribution in [0.25, 0.3) is 0 Å². The molecule has 19 heavy (non-hydrogen) atoms. The molecule has 1 fully saturated rings. The van der Waals surface area contributed by atoms with Gasteiger partial charge in [0.1, 0.15) is 0 Å². The highest BCUT2D eigenvalue weighted by Gasteiger charge is 2.20. The zero-order valence-electron chi connectivity index (χ0n) is 12.0. The summed E-state index contributed by atoms with van der Waals surface area (Å²) in [6, 6.07) is 0. The normalized spacial score (nSPS) is 18.9. The van der Waals surface area contributed by atoms with Gasteiger partial charge in [-0.1, -0.05) is 6.92 Å². The summed E-state index contributed by atoms with van der Waals surface area (Å²) in [5.41, 5.74) is 1.15. The number of hydrogen-bond acceptors (Lipinski definition) is 5. The molecule has 5 heteroatoms. The van der Waals surface area contributed by atoms with Crippen molar-refractivity contribution < 1.29 is 4.74 Å². The lowest BCUT2D eigenvalue weighted by Crippen LogP contribution is -2.32. The molecule has 1 N–H and O–H groups in total. The van der Waals surface area contributed by atoms with Crippen molar-refractivity contribution in [3.63, 3.8) is 0 Å². The number of aromatic nitrogens is 1. The lowest BCUT2D eigenvalue weighted by Gasteiger charge is -2.23. The molecule has 1 saturated heterocycles. The average Bonchev–Trinajstić information content (AvgIpc) is 3.07. The molecule has 0 radical (unpaired) electrons. The molecule has 0 saturated carbocycles. The van der Waals surface area contributed by atoms with E-state index in [1.165, 1.54) is 12.8 Å². The summed E-state index contributed by atoms with van der Waals surface area (Å²) in [6.07, 6.45) is 3.95. The maximum absolute atomic E-state index is 5.72. The van der Waals surface area contributed by atoms with Crippen LogP contribution in [0.4, 0.5) is 5.13 Å². The minimum atomic E-state index is 0.394. The Hall–Kier alpha value is -0.650. The van der Waals surface area contributed by atoms with E-state index in [0.29, 0.717) is 6.10 Å². The highest BCUT2D eigenvalue weighted by molar-refractivity contribution is 7.13. The zero-order valence-corrected chi connectivity index (χ0v) is 12.8. The zero-order chi connectivity index (χ0) is 13.5. The average molecular weight is 283 g/mol. The van der Waals surface area contributed by atoms with Gasteiger partial charge >= 0.3 is 0 Å². The molecule has 1 aromatic heterocycles. The van der Waals surface area contributed by atoms with Crippen molar-refractivity contribution in [3.05, 3.63) is 11.1 Å². The predicted molar refractivity (Wildman–Crippen MR) is 81.0 cm³/mol. The molecule has 1 unspecified atom stereocenters. The number of thiazole rings is 1. The molecular formula is C14H25N3OS. The first-order valence-electron chi connectivity index (χ1n) is 7.35. The summed E-state index contributed by atoms with van der Waals surface area (Å²) in [7, 11) is 0. The SMILES string of the molecule is CCCNCc1csc(N(CC)CC2CCCO2)n1. The topological polar surface area (TPSA) is 37.4 Å². The Bertz CT molecular complexity index is 363. The van der Waals surface area contributed by atoms with Crippen LogP contribution in [0.15, 0.2) is 5.38 Å². The monoisotopic (exact) mass is 283 g/mol. The van der Waals surface area contributed by atoms with E-state index < -0.39 is 0 Å². The Morgan fingerprint density at radius 1 is 1.53 bits per heavy atom. The van der Waals surface area contributed by atoms with Crippen molar-refractivity contribution in [2.24, 2.45) is 0 Å². The molecule has 2 heterocycles. The molecule has 0 bridgehead atoms. The van der Waals surface area contributed by atoms with Crippen LogP contribution in [0.1, 0.15) is 38.8 Å². The minimum absolute atomic E-state index is 0.394. The van der Waals surface area contributed by atoms with Crippen molar-refractivity contribution >= 4 is 16.5 Å². The van der Waals surface area contributed by atoms with Gasteiger partial charge in [-0.3, -0.25) is 0 Å². The Morgan fingerprint density at radius 3 is 3.11 bits per heavy atom. The van der Waals surface area contributed by atoms with Crippen LogP contribution in [0.2, 0.25) is 0 Å². The molecule has 4 nitrogen and oxygen atoms in total. The Kier molecular flexibility index (Phi) is 6.07. The second-order valence-corrected chi connectivity index (χ2v) is 5.81. The second kappa shape index (κ2) is 7.82. The summed E-state index contributed by atoms with van der Waals surface area (Å²) >= 11 is 1.74. The van der Waals surface area contributed by atoms with Gasteiger partial charge < -0.3 is 15.0 Å². The van der Waals surface area contributed by atoms with E-state index in [2.05, 4.69) is 29.4 Å². The third kappa shape index (κ3) is 4.44. The van der Waals surface area contributed by atoms with Crippen LogP contribution in [-0.4, -0.2) is 37.3 Å². The number of ether oxygens (including phenoxy) is 1. The molecule has 1 aromatic rings. The number of hydrogen-bond donors (Lipinski definition) is 1. The Labute approximate surface area is 120 Å². The predicted octanol–water partition coefficient (Wildman–Crippen LogP) is 2.65. The van der Waals surface area contributed by atoms with E-state index in [-0.39, 0.29) is 0 Å². The Balaban J connectivity index is 1.86. The van der Waals surface area contributed by atoms with Crippen LogP contribution < -0.4 is 10.2 Å². The van der Waals surface area contributed by atoms with Crippen molar-refractivity contribution in [2.75, 3.05) is 31.1 Å². The van der Waals surface area contributed by atoms with Gasteiger partial charge in [0.25, 0.3) is 0 Å². The van der Waals surface area contributed by atoms with E-state index in [1.54, 1.807) is 11.3 Å². The molecule has 1 aliphatic rings. The molecular weight excluding hydrogens is 258 g/mol. The summed E-state index contributed by atoms with van der Waals surface area (Å²) in [5.74, 6) is 0. The first kappa shape index (κ1) is 14.8. The number of anilines is 1. The highest BCUT2D eigenvalue weighted by Crippen LogP contribution is 2.23. The summed E-state index contributed by atoms with van der Waals surface area (Å²) in [4.78, 5) is 7.06. The van der Waals surface area contributed by atoms with Crippen LogP contribution in [-0.2, 0) is 11.3 Å². The molecule has 1 aliphatic heterocycles. The van der Waals surface area contributed by atoms with Gasteiger partial charge in [0.05, 0.1) is 11.8 Å². The maximum atomic E-state index is 5.72. The molecule has 108 valence electrons. The van der Waals surface area contributed by atoms with Crippen LogP contribution >= 0.6 is 11.3 Å². The fourth-order valence-corrected chi connectivity index (χ4v) is 3.19. The number of nitrogens with zero attached hydrogens (tertiary/aromatic N) is 2. The van der Waals surface area contributed by atoms with E-state index in [4.69, 9.17) is 9.72 Å². The highest BCUT2D eigenvalue weighted by atomic mass is 32.1. The summed E-state index contributed by atoms with van der Waals surface area (Å²) < 4.78 is 5.72. The van der Waals surface area contributed by atoms with Gasteiger partial charge in [0.2, 0.25) is 0 Å². The molecule has 0 spiro atoms. The van der Waals surface area contributed by atoms with Crippen molar-refractivity contribution in [2.45, 2.75) is 45.8 Å². The first-order chi connectivity index (χ1) is 9.33. The maximum Gasteiger partial charge on any atom is 0.185 e. The van der Waals surface area contributed by atoms with Gasteiger partial charge in [-0.15, -0.1) is 11.3 Å².